The molecule has 1 aliphatic carbocycles. The van der Waals surface area contributed by atoms with Crippen LogP contribution in [0.2, 0.25) is 5.02 Å². The van der Waals surface area contributed by atoms with Gasteiger partial charge in [-0.2, -0.15) is 0 Å². The van der Waals surface area contributed by atoms with Crippen LogP contribution >= 0.6 is 11.6 Å². The summed E-state index contributed by atoms with van der Waals surface area (Å²) in [6.45, 7) is 2.59. The Bertz CT molecular complexity index is 583. The highest BCUT2D eigenvalue weighted by molar-refractivity contribution is 6.34. The van der Waals surface area contributed by atoms with Gasteiger partial charge < -0.3 is 20.3 Å². The maximum Gasteiger partial charge on any atom is 0.335 e. The number of aliphatic hydroxyl groups is 1. The minimum absolute atomic E-state index is 0.0127. The molecule has 0 bridgehead atoms. The molecule has 1 saturated carbocycles. The molecule has 0 aromatic heterocycles. The summed E-state index contributed by atoms with van der Waals surface area (Å²) in [5, 5.41) is 21.7. The molecular weight excluding hydrogens is 310 g/mol. The average molecular weight is 328 g/mol. The fourth-order valence-electron chi connectivity index (χ4n) is 2.46. The lowest BCUT2D eigenvalue weighted by Crippen LogP contribution is -2.55. The summed E-state index contributed by atoms with van der Waals surface area (Å²) in [5.74, 6) is -1.56. The van der Waals surface area contributed by atoms with Gasteiger partial charge in [0.1, 0.15) is 0 Å². The van der Waals surface area contributed by atoms with Crippen LogP contribution in [-0.2, 0) is 4.74 Å². The summed E-state index contributed by atoms with van der Waals surface area (Å²) in [4.78, 5) is 22.9. The Morgan fingerprint density at radius 1 is 1.45 bits per heavy atom. The van der Waals surface area contributed by atoms with E-state index in [0.717, 1.165) is 0 Å². The second-order valence-corrected chi connectivity index (χ2v) is 5.80. The number of hydrogen-bond acceptors (Lipinski definition) is 4. The molecule has 0 atom stereocenters. The van der Waals surface area contributed by atoms with Crippen molar-refractivity contribution in [1.29, 1.82) is 0 Å². The van der Waals surface area contributed by atoms with Gasteiger partial charge in [0.25, 0.3) is 5.91 Å². The Labute approximate surface area is 133 Å². The molecule has 0 saturated heterocycles. The van der Waals surface area contributed by atoms with Gasteiger partial charge in [-0.25, -0.2) is 4.79 Å². The van der Waals surface area contributed by atoms with E-state index in [4.69, 9.17) is 21.4 Å². The molecule has 0 heterocycles. The zero-order valence-corrected chi connectivity index (χ0v) is 12.9. The summed E-state index contributed by atoms with van der Waals surface area (Å²) >= 11 is 5.92. The van der Waals surface area contributed by atoms with Gasteiger partial charge in [0.2, 0.25) is 0 Å². The van der Waals surface area contributed by atoms with E-state index in [2.05, 4.69) is 5.32 Å². The van der Waals surface area contributed by atoms with E-state index in [-0.39, 0.29) is 28.8 Å². The van der Waals surface area contributed by atoms with E-state index in [1.54, 1.807) is 0 Å². The van der Waals surface area contributed by atoms with E-state index >= 15 is 0 Å². The highest BCUT2D eigenvalue weighted by Crippen LogP contribution is 2.34. The lowest BCUT2D eigenvalue weighted by Gasteiger charge is -2.43. The zero-order chi connectivity index (χ0) is 16.3. The first-order valence-electron chi connectivity index (χ1n) is 6.99. The molecule has 0 aliphatic heterocycles. The van der Waals surface area contributed by atoms with Gasteiger partial charge in [0.05, 0.1) is 27.9 Å². The number of amides is 1. The van der Waals surface area contributed by atoms with Gasteiger partial charge in [0.15, 0.2) is 0 Å². The normalized spacial score (nSPS) is 23.7. The highest BCUT2D eigenvalue weighted by atomic mass is 35.5. The number of halogens is 1. The maximum absolute atomic E-state index is 12.1. The van der Waals surface area contributed by atoms with E-state index in [0.29, 0.717) is 19.4 Å². The Balaban J connectivity index is 1.92. The third-order valence-corrected chi connectivity index (χ3v) is 3.97. The van der Waals surface area contributed by atoms with Crippen molar-refractivity contribution in [3.05, 3.63) is 34.3 Å². The van der Waals surface area contributed by atoms with Crippen LogP contribution in [0.1, 0.15) is 40.5 Å². The van der Waals surface area contributed by atoms with Crippen molar-refractivity contribution in [1.82, 2.24) is 5.32 Å². The van der Waals surface area contributed by atoms with Crippen molar-refractivity contribution in [2.45, 2.75) is 31.5 Å². The molecule has 1 aromatic carbocycles. The van der Waals surface area contributed by atoms with Crippen molar-refractivity contribution in [3.63, 3.8) is 0 Å². The minimum atomic E-state index is -1.11. The number of ether oxygens (including phenoxy) is 1. The molecule has 120 valence electrons. The molecule has 1 aromatic rings. The van der Waals surface area contributed by atoms with Crippen molar-refractivity contribution < 1.29 is 24.5 Å². The summed E-state index contributed by atoms with van der Waals surface area (Å²) in [7, 11) is 0. The van der Waals surface area contributed by atoms with Gasteiger partial charge in [-0.15, -0.1) is 0 Å². The standard InChI is InChI=1S/C15H18ClNO5/c1-2-22-10-6-15(21,7-10)8-17-13(18)11-4-3-9(14(19)20)5-12(11)16/h3-5,10,21H,2,6-8H2,1H3,(H,17,18)(H,19,20). The van der Waals surface area contributed by atoms with Gasteiger partial charge in [0, 0.05) is 26.0 Å². The monoisotopic (exact) mass is 327 g/mol. The summed E-state index contributed by atoms with van der Waals surface area (Å²) in [6.07, 6.45) is 0.991. The topological polar surface area (TPSA) is 95.9 Å². The lowest BCUT2D eigenvalue weighted by molar-refractivity contribution is -0.133. The van der Waals surface area contributed by atoms with Gasteiger partial charge in [-0.1, -0.05) is 11.6 Å². The maximum atomic E-state index is 12.1. The van der Waals surface area contributed by atoms with Crippen LogP contribution in [0.15, 0.2) is 18.2 Å². The summed E-state index contributed by atoms with van der Waals surface area (Å²) in [5.41, 5.74) is -0.766. The van der Waals surface area contributed by atoms with E-state index in [9.17, 15) is 14.7 Å². The predicted molar refractivity (Wildman–Crippen MR) is 80.3 cm³/mol. The minimum Gasteiger partial charge on any atom is -0.478 e. The number of aromatic carboxylic acids is 1. The SMILES string of the molecule is CCOC1CC(O)(CNC(=O)c2ccc(C(=O)O)cc2Cl)C1. The van der Waals surface area contributed by atoms with Crippen LogP contribution in [0, 0.1) is 0 Å². The second kappa shape index (κ2) is 6.64. The number of hydrogen-bond donors (Lipinski definition) is 3. The van der Waals surface area contributed by atoms with Crippen molar-refractivity contribution in [3.8, 4) is 0 Å². The van der Waals surface area contributed by atoms with Crippen LogP contribution < -0.4 is 5.32 Å². The Kier molecular flexibility index (Phi) is 5.05. The van der Waals surface area contributed by atoms with E-state index in [1.807, 2.05) is 6.92 Å². The fraction of sp³-hybridized carbons (Fsp3) is 0.467. The second-order valence-electron chi connectivity index (χ2n) is 5.39. The molecule has 7 heteroatoms. The van der Waals surface area contributed by atoms with Crippen LogP contribution in [-0.4, -0.2) is 46.9 Å². The highest BCUT2D eigenvalue weighted by Gasteiger charge is 2.43. The number of carbonyl (C=O) groups is 2. The molecule has 1 aliphatic rings. The predicted octanol–water partition coefficient (Wildman–Crippen LogP) is 1.70. The molecular formula is C15H18ClNO5. The van der Waals surface area contributed by atoms with Crippen molar-refractivity contribution in [2.24, 2.45) is 0 Å². The first kappa shape index (κ1) is 16.7. The number of nitrogens with one attached hydrogen (secondary N) is 1. The number of carboxylic acids is 1. The van der Waals surface area contributed by atoms with Crippen molar-refractivity contribution >= 4 is 23.5 Å². The molecule has 2 rings (SSSR count). The number of benzene rings is 1. The molecule has 1 amide bonds. The van der Waals surface area contributed by atoms with Gasteiger partial charge in [-0.3, -0.25) is 4.79 Å². The average Bonchev–Trinajstić information content (AvgIpc) is 2.43. The first-order chi connectivity index (χ1) is 10.3. The third-order valence-electron chi connectivity index (χ3n) is 3.66. The molecule has 3 N–H and O–H groups in total. The number of carboxylic acid groups (broad SMARTS) is 1. The molecule has 0 spiro atoms. The quantitative estimate of drug-likeness (QED) is 0.739. The number of carbonyl (C=O) groups excluding carboxylic acids is 1. The molecule has 22 heavy (non-hydrogen) atoms. The largest absolute Gasteiger partial charge is 0.478 e. The molecule has 6 nitrogen and oxygen atoms in total. The first-order valence-corrected chi connectivity index (χ1v) is 7.37. The van der Waals surface area contributed by atoms with Crippen LogP contribution in [0.25, 0.3) is 0 Å². The Morgan fingerprint density at radius 3 is 2.68 bits per heavy atom. The van der Waals surface area contributed by atoms with Crippen LogP contribution in [0.5, 0.6) is 0 Å². The lowest BCUT2D eigenvalue weighted by atomic mass is 9.77. The van der Waals surface area contributed by atoms with Gasteiger partial charge in [-0.05, 0) is 25.1 Å². The zero-order valence-electron chi connectivity index (χ0n) is 12.1. The van der Waals surface area contributed by atoms with Crippen LogP contribution in [0.3, 0.4) is 0 Å². The summed E-state index contributed by atoms with van der Waals surface area (Å²) < 4.78 is 5.37. The third kappa shape index (κ3) is 3.76. The number of rotatable bonds is 6. The molecule has 0 radical (unpaired) electrons. The Morgan fingerprint density at radius 2 is 2.14 bits per heavy atom. The molecule has 1 fully saturated rings. The summed E-state index contributed by atoms with van der Waals surface area (Å²) in [6, 6.07) is 3.89. The van der Waals surface area contributed by atoms with Gasteiger partial charge >= 0.3 is 5.97 Å². The van der Waals surface area contributed by atoms with Crippen molar-refractivity contribution in [2.75, 3.05) is 13.2 Å². The van der Waals surface area contributed by atoms with E-state index < -0.39 is 17.5 Å². The Hall–Kier alpha value is -1.63. The molecule has 0 unspecified atom stereocenters. The fourth-order valence-corrected chi connectivity index (χ4v) is 2.72. The smallest absolute Gasteiger partial charge is 0.335 e. The van der Waals surface area contributed by atoms with E-state index in [1.165, 1.54) is 18.2 Å². The van der Waals surface area contributed by atoms with Crippen LogP contribution in [0.4, 0.5) is 0 Å².